The summed E-state index contributed by atoms with van der Waals surface area (Å²) in [6, 6.07) is 5.11. The molecule has 0 unspecified atom stereocenters. The van der Waals surface area contributed by atoms with Crippen LogP contribution in [0.2, 0.25) is 0 Å². The van der Waals surface area contributed by atoms with E-state index in [0.717, 1.165) is 6.07 Å². The van der Waals surface area contributed by atoms with Crippen molar-refractivity contribution in [2.75, 3.05) is 7.11 Å². The van der Waals surface area contributed by atoms with Gasteiger partial charge in [0.15, 0.2) is 4.96 Å². The van der Waals surface area contributed by atoms with Crippen LogP contribution in [0.4, 0.5) is 4.39 Å². The van der Waals surface area contributed by atoms with Gasteiger partial charge in [-0.3, -0.25) is 9.20 Å². The van der Waals surface area contributed by atoms with Crippen LogP contribution in [0.1, 0.15) is 16.1 Å². The lowest BCUT2D eigenvalue weighted by Gasteiger charge is -2.06. The third-order valence-corrected chi connectivity index (χ3v) is 3.86. The molecule has 3 aromatic rings. The van der Waals surface area contributed by atoms with Crippen LogP contribution in [0.5, 0.6) is 5.75 Å². The molecular formula is C15H11FN2O4S. The SMILES string of the molecule is COc1ccc(C(=O)OCc2cc(=O)n3ccsc3n2)c(F)c1. The molecule has 0 saturated heterocycles. The Balaban J connectivity index is 1.76. The smallest absolute Gasteiger partial charge is 0.341 e. The van der Waals surface area contributed by atoms with Gasteiger partial charge >= 0.3 is 5.97 Å². The monoisotopic (exact) mass is 334 g/mol. The van der Waals surface area contributed by atoms with E-state index in [1.165, 1.54) is 41.0 Å². The summed E-state index contributed by atoms with van der Waals surface area (Å²) in [5.41, 5.74) is -0.169. The van der Waals surface area contributed by atoms with Gasteiger partial charge in [0.1, 0.15) is 18.2 Å². The molecule has 23 heavy (non-hydrogen) atoms. The third-order valence-electron chi connectivity index (χ3n) is 3.10. The number of halogens is 1. The molecule has 1 aromatic carbocycles. The van der Waals surface area contributed by atoms with Crippen LogP contribution in [0.3, 0.4) is 0 Å². The first kappa shape index (κ1) is 15.2. The number of rotatable bonds is 4. The number of hydrogen-bond donors (Lipinski definition) is 0. The summed E-state index contributed by atoms with van der Waals surface area (Å²) < 4.78 is 25.1. The van der Waals surface area contributed by atoms with E-state index in [1.54, 1.807) is 11.6 Å². The van der Waals surface area contributed by atoms with Gasteiger partial charge in [0.25, 0.3) is 5.56 Å². The van der Waals surface area contributed by atoms with Gasteiger partial charge in [-0.2, -0.15) is 0 Å². The van der Waals surface area contributed by atoms with Gasteiger partial charge in [-0.15, -0.1) is 11.3 Å². The van der Waals surface area contributed by atoms with Crippen LogP contribution >= 0.6 is 11.3 Å². The van der Waals surface area contributed by atoms with Gasteiger partial charge < -0.3 is 9.47 Å². The van der Waals surface area contributed by atoms with E-state index in [9.17, 15) is 14.0 Å². The maximum absolute atomic E-state index is 13.8. The fraction of sp³-hybridized carbons (Fsp3) is 0.133. The first-order valence-electron chi connectivity index (χ1n) is 6.55. The maximum atomic E-state index is 13.8. The second-order valence-electron chi connectivity index (χ2n) is 4.56. The summed E-state index contributed by atoms with van der Waals surface area (Å²) in [5, 5.41) is 1.73. The molecule has 3 rings (SSSR count). The van der Waals surface area contributed by atoms with Crippen LogP contribution in [-0.4, -0.2) is 22.5 Å². The number of benzene rings is 1. The van der Waals surface area contributed by atoms with Crippen molar-refractivity contribution < 1.29 is 18.7 Å². The first-order valence-corrected chi connectivity index (χ1v) is 7.43. The molecule has 0 aliphatic heterocycles. The molecule has 2 aromatic heterocycles. The Kier molecular flexibility index (Phi) is 4.07. The summed E-state index contributed by atoms with van der Waals surface area (Å²) in [6.45, 7) is -0.214. The number of fused-ring (bicyclic) bond motifs is 1. The van der Waals surface area contributed by atoms with Crippen LogP contribution in [0.15, 0.2) is 40.6 Å². The minimum Gasteiger partial charge on any atom is -0.497 e. The number of carbonyl (C=O) groups is 1. The second kappa shape index (κ2) is 6.17. The molecule has 0 atom stereocenters. The van der Waals surface area contributed by atoms with Gasteiger partial charge in [0, 0.05) is 23.7 Å². The van der Waals surface area contributed by atoms with Crippen molar-refractivity contribution in [3.63, 3.8) is 0 Å². The van der Waals surface area contributed by atoms with E-state index in [2.05, 4.69) is 4.98 Å². The number of nitrogens with zero attached hydrogens (tertiary/aromatic N) is 2. The average Bonchev–Trinajstić information content (AvgIpc) is 3.01. The lowest BCUT2D eigenvalue weighted by atomic mass is 10.2. The summed E-state index contributed by atoms with van der Waals surface area (Å²) in [5.74, 6) is -1.27. The highest BCUT2D eigenvalue weighted by Gasteiger charge is 2.15. The quantitative estimate of drug-likeness (QED) is 0.685. The van der Waals surface area contributed by atoms with E-state index in [0.29, 0.717) is 16.4 Å². The highest BCUT2D eigenvalue weighted by atomic mass is 32.1. The molecular weight excluding hydrogens is 323 g/mol. The molecule has 0 spiro atoms. The van der Waals surface area contributed by atoms with E-state index in [4.69, 9.17) is 9.47 Å². The average molecular weight is 334 g/mol. The van der Waals surface area contributed by atoms with Crippen LogP contribution in [0, 0.1) is 5.82 Å². The molecule has 0 N–H and O–H groups in total. The van der Waals surface area contributed by atoms with Gasteiger partial charge in [-0.05, 0) is 12.1 Å². The lowest BCUT2D eigenvalue weighted by molar-refractivity contribution is 0.0462. The second-order valence-corrected chi connectivity index (χ2v) is 5.44. The Morgan fingerprint density at radius 2 is 2.22 bits per heavy atom. The predicted octanol–water partition coefficient (Wildman–Crippen LogP) is 2.26. The predicted molar refractivity (Wildman–Crippen MR) is 81.4 cm³/mol. The van der Waals surface area contributed by atoms with E-state index in [-0.39, 0.29) is 17.7 Å². The van der Waals surface area contributed by atoms with E-state index in [1.807, 2.05) is 0 Å². The Hall–Kier alpha value is -2.74. The molecule has 118 valence electrons. The number of methoxy groups -OCH3 is 1. The Labute approximate surface area is 133 Å². The normalized spacial score (nSPS) is 10.7. The topological polar surface area (TPSA) is 69.9 Å². The fourth-order valence-corrected chi connectivity index (χ4v) is 2.71. The van der Waals surface area contributed by atoms with Gasteiger partial charge in [0.2, 0.25) is 0 Å². The summed E-state index contributed by atoms with van der Waals surface area (Å²) in [7, 11) is 1.40. The Bertz CT molecular complexity index is 935. The molecule has 6 nitrogen and oxygen atoms in total. The minimum atomic E-state index is -0.835. The summed E-state index contributed by atoms with van der Waals surface area (Å²) >= 11 is 1.29. The molecule has 0 aliphatic rings. The molecule has 0 bridgehead atoms. The van der Waals surface area contributed by atoms with Gasteiger partial charge in [-0.1, -0.05) is 0 Å². The van der Waals surface area contributed by atoms with Crippen LogP contribution in [-0.2, 0) is 11.3 Å². The highest BCUT2D eigenvalue weighted by molar-refractivity contribution is 7.15. The summed E-state index contributed by atoms with van der Waals surface area (Å²) in [4.78, 5) is 28.4. The molecule has 0 aliphatic carbocycles. The van der Waals surface area contributed by atoms with Crippen LogP contribution < -0.4 is 10.3 Å². The minimum absolute atomic E-state index is 0.209. The van der Waals surface area contributed by atoms with Gasteiger partial charge in [-0.25, -0.2) is 14.2 Å². The van der Waals surface area contributed by atoms with Crippen molar-refractivity contribution in [2.45, 2.75) is 6.61 Å². The zero-order valence-corrected chi connectivity index (χ0v) is 12.8. The van der Waals surface area contributed by atoms with Crippen molar-refractivity contribution in [1.29, 1.82) is 0 Å². The molecule has 0 saturated carbocycles. The zero-order chi connectivity index (χ0) is 16.4. The van der Waals surface area contributed by atoms with Crippen LogP contribution in [0.25, 0.3) is 4.96 Å². The van der Waals surface area contributed by atoms with E-state index < -0.39 is 11.8 Å². The number of aromatic nitrogens is 2. The van der Waals surface area contributed by atoms with E-state index >= 15 is 0 Å². The Morgan fingerprint density at radius 3 is 2.96 bits per heavy atom. The number of ether oxygens (including phenoxy) is 2. The van der Waals surface area contributed by atoms with Crippen molar-refractivity contribution in [2.24, 2.45) is 0 Å². The molecule has 0 amide bonds. The maximum Gasteiger partial charge on any atom is 0.341 e. The lowest BCUT2D eigenvalue weighted by Crippen LogP contribution is -2.15. The van der Waals surface area contributed by atoms with Crippen molar-refractivity contribution in [1.82, 2.24) is 9.38 Å². The van der Waals surface area contributed by atoms with Gasteiger partial charge in [0.05, 0.1) is 18.4 Å². The molecule has 0 radical (unpaired) electrons. The molecule has 8 heteroatoms. The first-order chi connectivity index (χ1) is 11.1. The standard InChI is InChI=1S/C15H11FN2O4S/c1-21-10-2-3-11(12(16)7-10)14(20)22-8-9-6-13(19)18-4-5-23-15(18)17-9/h2-7H,8H2,1H3. The summed E-state index contributed by atoms with van der Waals surface area (Å²) in [6.07, 6.45) is 1.61. The molecule has 0 fully saturated rings. The number of hydrogen-bond acceptors (Lipinski definition) is 6. The van der Waals surface area contributed by atoms with Crippen molar-refractivity contribution in [3.05, 3.63) is 63.3 Å². The number of thiazole rings is 1. The number of carbonyl (C=O) groups excluding carboxylic acids is 1. The molecule has 2 heterocycles. The fourth-order valence-electron chi connectivity index (χ4n) is 1.97. The number of esters is 1. The highest BCUT2D eigenvalue weighted by Crippen LogP contribution is 2.17. The largest absolute Gasteiger partial charge is 0.497 e. The Morgan fingerprint density at radius 1 is 1.39 bits per heavy atom. The van der Waals surface area contributed by atoms with Crippen molar-refractivity contribution >= 4 is 22.3 Å². The van der Waals surface area contributed by atoms with Crippen molar-refractivity contribution in [3.8, 4) is 5.75 Å². The third kappa shape index (κ3) is 3.07. The zero-order valence-electron chi connectivity index (χ0n) is 12.0.